The molecule has 0 bridgehead atoms. The summed E-state index contributed by atoms with van der Waals surface area (Å²) in [6.45, 7) is 1.06. The lowest BCUT2D eigenvalue weighted by atomic mass is 10.00. The van der Waals surface area contributed by atoms with Crippen LogP contribution >= 0.6 is 0 Å². The lowest BCUT2D eigenvalue weighted by molar-refractivity contribution is -0.117. The van der Waals surface area contributed by atoms with Crippen molar-refractivity contribution in [1.82, 2.24) is 4.90 Å². The molecule has 1 atom stereocenters. The quantitative estimate of drug-likeness (QED) is 0.904. The van der Waals surface area contributed by atoms with Crippen LogP contribution in [0.5, 0.6) is 0 Å². The Morgan fingerprint density at radius 2 is 2.26 bits per heavy atom. The van der Waals surface area contributed by atoms with Gasteiger partial charge in [0.1, 0.15) is 6.07 Å². The van der Waals surface area contributed by atoms with E-state index in [1.807, 2.05) is 6.07 Å². The van der Waals surface area contributed by atoms with Gasteiger partial charge in [-0.3, -0.25) is 4.79 Å². The van der Waals surface area contributed by atoms with Gasteiger partial charge in [-0.1, -0.05) is 18.6 Å². The van der Waals surface area contributed by atoms with Gasteiger partial charge in [0.05, 0.1) is 11.3 Å². The highest BCUT2D eigenvalue weighted by Gasteiger charge is 2.21. The molecular weight excluding hydrogens is 238 g/mol. The molecule has 0 radical (unpaired) electrons. The standard InChI is InChI=1S/C15H19N3O/c1-18-9-5-4-7-13(18)10-15(19)17-14-8-3-2-6-12(14)11-16/h2-3,6,8,13H,4-5,7,9-10H2,1H3,(H,17,19). The van der Waals surface area contributed by atoms with Crippen LogP contribution in [0.4, 0.5) is 5.69 Å². The van der Waals surface area contributed by atoms with Crippen LogP contribution in [0.1, 0.15) is 31.2 Å². The molecule has 1 heterocycles. The summed E-state index contributed by atoms with van der Waals surface area (Å²) in [5.74, 6) is -0.0125. The van der Waals surface area contributed by atoms with E-state index in [0.717, 1.165) is 13.0 Å². The number of nitriles is 1. The van der Waals surface area contributed by atoms with Crippen molar-refractivity contribution in [2.75, 3.05) is 18.9 Å². The highest BCUT2D eigenvalue weighted by Crippen LogP contribution is 2.19. The Kier molecular flexibility index (Phi) is 4.53. The summed E-state index contributed by atoms with van der Waals surface area (Å²) in [5.41, 5.74) is 1.11. The predicted molar refractivity (Wildman–Crippen MR) is 74.7 cm³/mol. The Morgan fingerprint density at radius 3 is 3.00 bits per heavy atom. The summed E-state index contributed by atoms with van der Waals surface area (Å²) in [5, 5.41) is 11.8. The highest BCUT2D eigenvalue weighted by atomic mass is 16.1. The topological polar surface area (TPSA) is 56.1 Å². The normalized spacial score (nSPS) is 19.7. The summed E-state index contributed by atoms with van der Waals surface area (Å²) < 4.78 is 0. The van der Waals surface area contributed by atoms with Gasteiger partial charge in [0.15, 0.2) is 0 Å². The third-order valence-corrected chi connectivity index (χ3v) is 3.66. The summed E-state index contributed by atoms with van der Waals surface area (Å²) in [6, 6.07) is 9.50. The minimum atomic E-state index is -0.0125. The van der Waals surface area contributed by atoms with E-state index < -0.39 is 0 Å². The number of carbonyl (C=O) groups is 1. The lowest BCUT2D eigenvalue weighted by Gasteiger charge is -2.31. The molecule has 1 amide bonds. The van der Waals surface area contributed by atoms with Crippen LogP contribution in [0.15, 0.2) is 24.3 Å². The van der Waals surface area contributed by atoms with Crippen molar-refractivity contribution in [3.05, 3.63) is 29.8 Å². The summed E-state index contributed by atoms with van der Waals surface area (Å²) >= 11 is 0. The van der Waals surface area contributed by atoms with Crippen LogP contribution < -0.4 is 5.32 Å². The van der Waals surface area contributed by atoms with E-state index in [-0.39, 0.29) is 5.91 Å². The molecule has 1 N–H and O–H groups in total. The molecule has 0 spiro atoms. The molecule has 0 aromatic heterocycles. The third-order valence-electron chi connectivity index (χ3n) is 3.66. The molecule has 1 fully saturated rings. The maximum Gasteiger partial charge on any atom is 0.225 e. The molecule has 1 aromatic carbocycles. The van der Waals surface area contributed by atoms with Gasteiger partial charge in [-0.15, -0.1) is 0 Å². The van der Waals surface area contributed by atoms with Gasteiger partial charge in [-0.2, -0.15) is 5.26 Å². The van der Waals surface area contributed by atoms with E-state index in [4.69, 9.17) is 5.26 Å². The number of nitrogens with one attached hydrogen (secondary N) is 1. The number of carbonyl (C=O) groups excluding carboxylic acids is 1. The molecule has 1 saturated heterocycles. The van der Waals surface area contributed by atoms with Gasteiger partial charge >= 0.3 is 0 Å². The fourth-order valence-corrected chi connectivity index (χ4v) is 2.51. The summed E-state index contributed by atoms with van der Waals surface area (Å²) in [4.78, 5) is 14.3. The SMILES string of the molecule is CN1CCCCC1CC(=O)Nc1ccccc1C#N. The lowest BCUT2D eigenvalue weighted by Crippen LogP contribution is -2.38. The largest absolute Gasteiger partial charge is 0.325 e. The fourth-order valence-electron chi connectivity index (χ4n) is 2.51. The Hall–Kier alpha value is -1.86. The number of amides is 1. The molecule has 100 valence electrons. The molecule has 1 aliphatic heterocycles. The number of likely N-dealkylation sites (tertiary alicyclic amines) is 1. The Bertz CT molecular complexity index is 492. The Labute approximate surface area is 114 Å². The molecule has 1 aliphatic rings. The first-order valence-corrected chi connectivity index (χ1v) is 6.70. The van der Waals surface area contributed by atoms with Crippen LogP contribution in [-0.2, 0) is 4.79 Å². The number of nitrogens with zero attached hydrogens (tertiary/aromatic N) is 2. The van der Waals surface area contributed by atoms with Gasteiger partial charge in [0.2, 0.25) is 5.91 Å². The number of anilines is 1. The van der Waals surface area contributed by atoms with Crippen molar-refractivity contribution in [2.24, 2.45) is 0 Å². The van der Waals surface area contributed by atoms with Crippen molar-refractivity contribution < 1.29 is 4.79 Å². The average molecular weight is 257 g/mol. The van der Waals surface area contributed by atoms with Crippen LogP contribution in [0.3, 0.4) is 0 Å². The van der Waals surface area contributed by atoms with E-state index in [0.29, 0.717) is 23.7 Å². The average Bonchev–Trinajstić information content (AvgIpc) is 2.42. The number of hydrogen-bond donors (Lipinski definition) is 1. The monoisotopic (exact) mass is 257 g/mol. The number of rotatable bonds is 3. The van der Waals surface area contributed by atoms with E-state index in [1.165, 1.54) is 12.8 Å². The van der Waals surface area contributed by atoms with E-state index in [1.54, 1.807) is 18.2 Å². The zero-order valence-electron chi connectivity index (χ0n) is 11.2. The Morgan fingerprint density at radius 1 is 1.47 bits per heavy atom. The zero-order chi connectivity index (χ0) is 13.7. The van der Waals surface area contributed by atoms with Gasteiger partial charge in [-0.05, 0) is 38.6 Å². The minimum absolute atomic E-state index is 0.0125. The summed E-state index contributed by atoms with van der Waals surface area (Å²) in [7, 11) is 2.07. The third kappa shape index (κ3) is 3.55. The predicted octanol–water partition coefficient (Wildman–Crippen LogP) is 2.37. The van der Waals surface area contributed by atoms with E-state index in [2.05, 4.69) is 23.3 Å². The molecule has 4 heteroatoms. The van der Waals surface area contributed by atoms with Gasteiger partial charge in [-0.25, -0.2) is 0 Å². The highest BCUT2D eigenvalue weighted by molar-refractivity contribution is 5.92. The number of hydrogen-bond acceptors (Lipinski definition) is 3. The van der Waals surface area contributed by atoms with Crippen molar-refractivity contribution in [1.29, 1.82) is 5.26 Å². The Balaban J connectivity index is 1.96. The number of para-hydroxylation sites is 1. The van der Waals surface area contributed by atoms with Gasteiger partial charge < -0.3 is 10.2 Å². The van der Waals surface area contributed by atoms with Gasteiger partial charge in [0.25, 0.3) is 0 Å². The van der Waals surface area contributed by atoms with Crippen LogP contribution in [-0.4, -0.2) is 30.4 Å². The summed E-state index contributed by atoms with van der Waals surface area (Å²) in [6.07, 6.45) is 3.98. The second kappa shape index (κ2) is 6.35. The first-order valence-electron chi connectivity index (χ1n) is 6.70. The second-order valence-corrected chi connectivity index (χ2v) is 5.04. The van der Waals surface area contributed by atoms with Gasteiger partial charge in [0, 0.05) is 12.5 Å². The van der Waals surface area contributed by atoms with Crippen molar-refractivity contribution in [3.8, 4) is 6.07 Å². The first kappa shape index (κ1) is 13.6. The molecule has 2 rings (SSSR count). The number of piperidine rings is 1. The second-order valence-electron chi connectivity index (χ2n) is 5.04. The smallest absolute Gasteiger partial charge is 0.225 e. The van der Waals surface area contributed by atoms with Crippen LogP contribution in [0.2, 0.25) is 0 Å². The van der Waals surface area contributed by atoms with Crippen molar-refractivity contribution in [2.45, 2.75) is 31.7 Å². The maximum atomic E-state index is 12.0. The molecule has 0 saturated carbocycles. The van der Waals surface area contributed by atoms with Crippen molar-refractivity contribution in [3.63, 3.8) is 0 Å². The fraction of sp³-hybridized carbons (Fsp3) is 0.467. The van der Waals surface area contributed by atoms with E-state index in [9.17, 15) is 4.79 Å². The molecule has 19 heavy (non-hydrogen) atoms. The van der Waals surface area contributed by atoms with Crippen molar-refractivity contribution >= 4 is 11.6 Å². The number of benzene rings is 1. The molecule has 0 aliphatic carbocycles. The minimum Gasteiger partial charge on any atom is -0.325 e. The van der Waals surface area contributed by atoms with Crippen LogP contribution in [0, 0.1) is 11.3 Å². The zero-order valence-corrected chi connectivity index (χ0v) is 11.2. The molecular formula is C15H19N3O. The first-order chi connectivity index (χ1) is 9.20. The van der Waals surface area contributed by atoms with E-state index >= 15 is 0 Å². The molecule has 1 unspecified atom stereocenters. The molecule has 4 nitrogen and oxygen atoms in total. The maximum absolute atomic E-state index is 12.0. The van der Waals surface area contributed by atoms with Crippen LogP contribution in [0.25, 0.3) is 0 Å². The molecule has 1 aromatic rings.